The molecule has 5 amide bonds. The van der Waals surface area contributed by atoms with E-state index in [4.69, 9.17) is 9.47 Å². The topological polar surface area (TPSA) is 129 Å². The lowest BCUT2D eigenvalue weighted by atomic mass is 9.99. The Labute approximate surface area is 237 Å². The van der Waals surface area contributed by atoms with Gasteiger partial charge in [0.1, 0.15) is 23.3 Å². The highest BCUT2D eigenvalue weighted by Gasteiger charge is 2.34. The molecule has 0 radical (unpaired) electrons. The fourth-order valence-electron chi connectivity index (χ4n) is 4.83. The van der Waals surface area contributed by atoms with E-state index >= 15 is 0 Å². The van der Waals surface area contributed by atoms with Crippen LogP contribution in [-0.2, 0) is 17.9 Å². The second-order valence-electron chi connectivity index (χ2n) is 10.1. The van der Waals surface area contributed by atoms with Crippen LogP contribution in [0.15, 0.2) is 60.7 Å². The Kier molecular flexibility index (Phi) is 7.88. The summed E-state index contributed by atoms with van der Waals surface area (Å²) < 4.78 is 11.4. The van der Waals surface area contributed by atoms with Crippen LogP contribution in [0.3, 0.4) is 0 Å². The first-order valence-corrected chi connectivity index (χ1v) is 13.1. The van der Waals surface area contributed by atoms with Gasteiger partial charge in [-0.25, -0.2) is 4.79 Å². The maximum atomic E-state index is 13.3. The Balaban J connectivity index is 1.39. The number of fused-ring (bicyclic) bond motifs is 1. The third kappa shape index (κ3) is 6.15. The Bertz CT molecular complexity index is 1520. The lowest BCUT2D eigenvalue weighted by molar-refractivity contribution is -0.120. The summed E-state index contributed by atoms with van der Waals surface area (Å²) in [6.07, 6.45) is 0. The Hall–Kier alpha value is -4.90. The molecule has 0 spiro atoms. The van der Waals surface area contributed by atoms with Crippen molar-refractivity contribution in [2.45, 2.75) is 19.1 Å². The van der Waals surface area contributed by atoms with E-state index in [2.05, 4.69) is 16.0 Å². The van der Waals surface area contributed by atoms with Gasteiger partial charge in [-0.05, 0) is 73.3 Å². The van der Waals surface area contributed by atoms with Crippen LogP contribution in [0.2, 0.25) is 0 Å². The van der Waals surface area contributed by atoms with Crippen molar-refractivity contribution in [3.8, 4) is 17.2 Å². The fourth-order valence-corrected chi connectivity index (χ4v) is 4.83. The van der Waals surface area contributed by atoms with Crippen molar-refractivity contribution in [3.05, 3.63) is 88.5 Å². The molecule has 2 heterocycles. The van der Waals surface area contributed by atoms with E-state index in [1.807, 2.05) is 31.1 Å². The summed E-state index contributed by atoms with van der Waals surface area (Å²) in [5.74, 6) is 0.647. The number of hydrogen-bond donors (Lipinski definition) is 3. The lowest BCUT2D eigenvalue weighted by Crippen LogP contribution is -2.31. The molecule has 0 bridgehead atoms. The van der Waals surface area contributed by atoms with Gasteiger partial charge in [0.05, 0.1) is 7.11 Å². The van der Waals surface area contributed by atoms with E-state index in [0.29, 0.717) is 59.1 Å². The van der Waals surface area contributed by atoms with Crippen LogP contribution in [-0.4, -0.2) is 67.8 Å². The molecule has 0 unspecified atom stereocenters. The first kappa shape index (κ1) is 27.7. The zero-order chi connectivity index (χ0) is 29.1. The number of carbonyl (C=O) groups excluding carboxylic acids is 4. The molecule has 2 aliphatic heterocycles. The molecule has 3 aromatic carbocycles. The highest BCUT2D eigenvalue weighted by molar-refractivity contribution is 6.04. The van der Waals surface area contributed by atoms with Crippen molar-refractivity contribution in [1.29, 1.82) is 0 Å². The number of urea groups is 1. The normalized spacial score (nSPS) is 16.0. The molecule has 3 aromatic rings. The van der Waals surface area contributed by atoms with Gasteiger partial charge in [0.2, 0.25) is 0 Å². The van der Waals surface area contributed by atoms with Crippen LogP contribution in [0.4, 0.5) is 4.79 Å². The molecule has 41 heavy (non-hydrogen) atoms. The van der Waals surface area contributed by atoms with Gasteiger partial charge in [-0.1, -0.05) is 18.2 Å². The fraction of sp³-hybridized carbons (Fsp3) is 0.267. The molecular formula is C30H31N5O6. The number of amides is 5. The highest BCUT2D eigenvalue weighted by Crippen LogP contribution is 2.33. The maximum absolute atomic E-state index is 13.3. The molecule has 0 aliphatic carbocycles. The van der Waals surface area contributed by atoms with E-state index in [1.165, 1.54) is 0 Å². The molecule has 5 rings (SSSR count). The second kappa shape index (κ2) is 11.7. The van der Waals surface area contributed by atoms with Gasteiger partial charge in [-0.3, -0.25) is 19.7 Å². The summed E-state index contributed by atoms with van der Waals surface area (Å²) >= 11 is 0. The summed E-state index contributed by atoms with van der Waals surface area (Å²) in [7, 11) is 5.41. The van der Waals surface area contributed by atoms with E-state index in [1.54, 1.807) is 60.5 Å². The van der Waals surface area contributed by atoms with Crippen molar-refractivity contribution in [3.63, 3.8) is 0 Å². The molecule has 0 aromatic heterocycles. The van der Waals surface area contributed by atoms with Crippen LogP contribution in [0, 0.1) is 0 Å². The molecular weight excluding hydrogens is 526 g/mol. The maximum Gasteiger partial charge on any atom is 0.322 e. The number of ether oxygens (including phenoxy) is 2. The first-order valence-electron chi connectivity index (χ1n) is 13.1. The van der Waals surface area contributed by atoms with Crippen LogP contribution < -0.4 is 25.4 Å². The SMILES string of the molecule is COc1ccc2c(c1)C(=O)N(Cc1cc(Oc3cccc(C(=O)NCCN(C)C)c3)ccc1[C@@H]1NC(=O)NC1=O)C2. The number of nitrogens with one attached hydrogen (secondary N) is 3. The van der Waals surface area contributed by atoms with Crippen LogP contribution in [0.25, 0.3) is 0 Å². The molecule has 1 atom stereocenters. The predicted octanol–water partition coefficient (Wildman–Crippen LogP) is 2.82. The zero-order valence-corrected chi connectivity index (χ0v) is 23.0. The molecule has 1 fully saturated rings. The molecule has 2 aliphatic rings. The number of methoxy groups -OCH3 is 1. The molecule has 1 saturated heterocycles. The van der Waals surface area contributed by atoms with Gasteiger partial charge in [-0.15, -0.1) is 0 Å². The number of nitrogens with zero attached hydrogens (tertiary/aromatic N) is 2. The van der Waals surface area contributed by atoms with Gasteiger partial charge >= 0.3 is 6.03 Å². The van der Waals surface area contributed by atoms with Crippen LogP contribution in [0.1, 0.15) is 43.4 Å². The molecule has 3 N–H and O–H groups in total. The molecule has 11 heteroatoms. The average Bonchev–Trinajstić information content (AvgIpc) is 3.45. The monoisotopic (exact) mass is 557 g/mol. The minimum Gasteiger partial charge on any atom is -0.497 e. The van der Waals surface area contributed by atoms with Crippen molar-refractivity contribution in [2.75, 3.05) is 34.3 Å². The standard InChI is InChI=1S/C30H31N5O6/c1-34(2)12-11-31-27(36)18-5-4-6-22(13-18)41-23-9-10-24(26-28(37)33-30(39)32-26)20(14-23)17-35-16-19-7-8-21(40-3)15-25(19)29(35)38/h4-10,13-15,26H,11-12,16-17H2,1-3H3,(H,31,36)(H2,32,33,37,39)/t26-/m0/s1. The summed E-state index contributed by atoms with van der Waals surface area (Å²) in [5, 5.41) is 7.77. The molecule has 212 valence electrons. The third-order valence-electron chi connectivity index (χ3n) is 6.93. The average molecular weight is 558 g/mol. The highest BCUT2D eigenvalue weighted by atomic mass is 16.5. The minimum absolute atomic E-state index is 0.163. The van der Waals surface area contributed by atoms with Crippen molar-refractivity contribution in [1.82, 2.24) is 25.8 Å². The number of hydrogen-bond acceptors (Lipinski definition) is 7. The van der Waals surface area contributed by atoms with Gasteiger partial charge in [-0.2, -0.15) is 0 Å². The lowest BCUT2D eigenvalue weighted by Gasteiger charge is -2.21. The van der Waals surface area contributed by atoms with Gasteiger partial charge in [0.25, 0.3) is 17.7 Å². The smallest absolute Gasteiger partial charge is 0.322 e. The summed E-state index contributed by atoms with van der Waals surface area (Å²) in [6, 6.07) is 15.9. The van der Waals surface area contributed by atoms with Crippen molar-refractivity contribution in [2.24, 2.45) is 0 Å². The molecule has 0 saturated carbocycles. The molecule has 11 nitrogen and oxygen atoms in total. The number of likely N-dealkylation sites (N-methyl/N-ethyl adjacent to an activating group) is 1. The van der Waals surface area contributed by atoms with Crippen LogP contribution >= 0.6 is 0 Å². The quantitative estimate of drug-likeness (QED) is 0.327. The zero-order valence-electron chi connectivity index (χ0n) is 23.0. The number of rotatable bonds is 10. The van der Waals surface area contributed by atoms with Crippen molar-refractivity contribution < 1.29 is 28.7 Å². The number of imide groups is 1. The van der Waals surface area contributed by atoms with Crippen molar-refractivity contribution >= 4 is 23.8 Å². The summed E-state index contributed by atoms with van der Waals surface area (Å²) in [5.41, 5.74) is 3.08. The number of carbonyl (C=O) groups is 4. The first-order chi connectivity index (χ1) is 19.7. The third-order valence-corrected chi connectivity index (χ3v) is 6.93. The Morgan fingerprint density at radius 3 is 2.54 bits per heavy atom. The van der Waals surface area contributed by atoms with E-state index < -0.39 is 18.0 Å². The summed E-state index contributed by atoms with van der Waals surface area (Å²) in [6.45, 7) is 1.79. The largest absolute Gasteiger partial charge is 0.497 e. The Morgan fingerprint density at radius 2 is 1.80 bits per heavy atom. The summed E-state index contributed by atoms with van der Waals surface area (Å²) in [4.78, 5) is 53.9. The van der Waals surface area contributed by atoms with Crippen LogP contribution in [0.5, 0.6) is 17.2 Å². The van der Waals surface area contributed by atoms with E-state index in [-0.39, 0.29) is 18.4 Å². The second-order valence-corrected chi connectivity index (χ2v) is 10.1. The van der Waals surface area contributed by atoms with Gasteiger partial charge in [0, 0.05) is 37.3 Å². The predicted molar refractivity (Wildman–Crippen MR) is 150 cm³/mol. The van der Waals surface area contributed by atoms with E-state index in [9.17, 15) is 19.2 Å². The van der Waals surface area contributed by atoms with Gasteiger partial charge in [0.15, 0.2) is 0 Å². The minimum atomic E-state index is -0.902. The van der Waals surface area contributed by atoms with E-state index in [0.717, 1.165) is 5.56 Å². The number of benzene rings is 3. The Morgan fingerprint density at radius 1 is 1.02 bits per heavy atom. The van der Waals surface area contributed by atoms with Gasteiger partial charge < -0.3 is 29.9 Å².